The second-order valence-electron chi connectivity index (χ2n) is 14.2. The van der Waals surface area contributed by atoms with Gasteiger partial charge in [-0.15, -0.1) is 0 Å². The number of nitrogens with zero attached hydrogens (tertiary/aromatic N) is 4. The molecule has 3 N–H and O–H groups in total. The van der Waals surface area contributed by atoms with Gasteiger partial charge in [0.25, 0.3) is 0 Å². The molecule has 12 heteroatoms. The monoisotopic (exact) mass is 691 g/mol. The largest absolute Gasteiger partial charge is 0.481 e. The Morgan fingerprint density at radius 2 is 1.67 bits per heavy atom. The number of hydrogen-bond donors (Lipinski definition) is 3. The average molecular weight is 692 g/mol. The van der Waals surface area contributed by atoms with Crippen LogP contribution in [-0.4, -0.2) is 77.1 Å². The summed E-state index contributed by atoms with van der Waals surface area (Å²) in [5.41, 5.74) is 7.19. The lowest BCUT2D eigenvalue weighted by Crippen LogP contribution is -2.66. The van der Waals surface area contributed by atoms with Gasteiger partial charge in [-0.2, -0.15) is 0 Å². The van der Waals surface area contributed by atoms with Crippen LogP contribution in [-0.2, 0) is 22.6 Å². The standard InChI is InChI=1S/C39H42FN7O4/c1-22-25(6-4-7-26(22)31-18-42-32(37(45-31)50-2)19-47-20-39(21-47)15-14-34(49)46-39)27-8-5-9-28(36(27)40)30-16-23-10-12-29(35(23)38(44-30)51-3)41-17-24-11-13-33(48)43-24/h4-9,16,18,24,29,41H,10-15,17,19-21H2,1-3H3,(H,43,48)(H,46,49)/t24-,29-/m0/s1. The van der Waals surface area contributed by atoms with Crippen molar-refractivity contribution in [3.8, 4) is 45.4 Å². The van der Waals surface area contributed by atoms with E-state index in [-0.39, 0.29) is 35.3 Å². The molecule has 2 aromatic heterocycles. The van der Waals surface area contributed by atoms with Crippen molar-refractivity contribution in [2.45, 2.75) is 69.6 Å². The van der Waals surface area contributed by atoms with Gasteiger partial charge in [-0.3, -0.25) is 19.5 Å². The van der Waals surface area contributed by atoms with Crippen LogP contribution in [0.25, 0.3) is 33.6 Å². The zero-order valence-corrected chi connectivity index (χ0v) is 29.1. The number of nitrogens with one attached hydrogen (secondary N) is 3. The molecule has 4 aromatic rings. The molecular weight excluding hydrogens is 649 g/mol. The van der Waals surface area contributed by atoms with E-state index in [9.17, 15) is 9.59 Å². The predicted octanol–water partition coefficient (Wildman–Crippen LogP) is 4.66. The number of aryl methyl sites for hydroxylation is 1. The fraction of sp³-hybridized carbons (Fsp3) is 0.410. The summed E-state index contributed by atoms with van der Waals surface area (Å²) in [6.07, 6.45) is 6.28. The van der Waals surface area contributed by atoms with E-state index in [2.05, 4.69) is 20.9 Å². The van der Waals surface area contributed by atoms with Gasteiger partial charge < -0.3 is 25.4 Å². The maximum atomic E-state index is 16.6. The highest BCUT2D eigenvalue weighted by Gasteiger charge is 2.47. The topological polar surface area (TPSA) is 131 Å². The molecule has 1 aliphatic carbocycles. The number of amides is 2. The first-order chi connectivity index (χ1) is 24.7. The first-order valence-electron chi connectivity index (χ1n) is 17.7. The Morgan fingerprint density at radius 3 is 2.39 bits per heavy atom. The molecule has 3 fully saturated rings. The Hall–Kier alpha value is -4.94. The third kappa shape index (κ3) is 6.20. The zero-order chi connectivity index (χ0) is 35.3. The smallest absolute Gasteiger partial charge is 0.237 e. The maximum Gasteiger partial charge on any atom is 0.237 e. The zero-order valence-electron chi connectivity index (χ0n) is 29.1. The average Bonchev–Trinajstić information content (AvgIpc) is 3.85. The molecule has 2 aromatic carbocycles. The highest BCUT2D eigenvalue weighted by molar-refractivity contribution is 5.81. The minimum Gasteiger partial charge on any atom is -0.481 e. The summed E-state index contributed by atoms with van der Waals surface area (Å²) in [7, 11) is 3.19. The van der Waals surface area contributed by atoms with Crippen molar-refractivity contribution in [1.29, 1.82) is 0 Å². The molecule has 2 atom stereocenters. The fourth-order valence-corrected chi connectivity index (χ4v) is 8.30. The van der Waals surface area contributed by atoms with Crippen LogP contribution in [0.2, 0.25) is 0 Å². The summed E-state index contributed by atoms with van der Waals surface area (Å²) >= 11 is 0. The Kier molecular flexibility index (Phi) is 8.67. The highest BCUT2D eigenvalue weighted by atomic mass is 19.1. The van der Waals surface area contributed by atoms with Crippen LogP contribution in [0.1, 0.15) is 60.5 Å². The van der Waals surface area contributed by atoms with Crippen LogP contribution in [0.3, 0.4) is 0 Å². The molecule has 0 unspecified atom stereocenters. The van der Waals surface area contributed by atoms with Crippen LogP contribution in [0.5, 0.6) is 11.8 Å². The molecule has 3 aliphatic heterocycles. The van der Waals surface area contributed by atoms with Crippen molar-refractivity contribution >= 4 is 11.8 Å². The lowest BCUT2D eigenvalue weighted by atomic mass is 9.88. The van der Waals surface area contributed by atoms with Crippen molar-refractivity contribution in [1.82, 2.24) is 35.8 Å². The van der Waals surface area contributed by atoms with Gasteiger partial charge in [-0.1, -0.05) is 30.3 Å². The van der Waals surface area contributed by atoms with E-state index in [4.69, 9.17) is 24.4 Å². The number of methoxy groups -OCH3 is 2. The second-order valence-corrected chi connectivity index (χ2v) is 14.2. The number of carbonyl (C=O) groups excluding carboxylic acids is 2. The number of aromatic nitrogens is 3. The number of fused-ring (bicyclic) bond motifs is 1. The molecule has 2 amide bonds. The number of rotatable bonds is 10. The summed E-state index contributed by atoms with van der Waals surface area (Å²) in [4.78, 5) is 40.0. The second kappa shape index (κ2) is 13.3. The predicted molar refractivity (Wildman–Crippen MR) is 190 cm³/mol. The van der Waals surface area contributed by atoms with Gasteiger partial charge in [0.2, 0.25) is 23.6 Å². The Bertz CT molecular complexity index is 2030. The number of benzene rings is 2. The molecule has 51 heavy (non-hydrogen) atoms. The molecular formula is C39H42FN7O4. The van der Waals surface area contributed by atoms with E-state index in [0.717, 1.165) is 72.3 Å². The summed E-state index contributed by atoms with van der Waals surface area (Å²) in [5.74, 6) is 0.797. The number of hydrogen-bond acceptors (Lipinski definition) is 9. The maximum absolute atomic E-state index is 16.6. The minimum absolute atomic E-state index is 0.0513. The number of ether oxygens (including phenoxy) is 2. The number of carbonyl (C=O) groups is 2. The molecule has 1 spiro atoms. The molecule has 3 saturated heterocycles. The molecule has 8 rings (SSSR count). The number of pyridine rings is 1. The van der Waals surface area contributed by atoms with Gasteiger partial charge >= 0.3 is 0 Å². The molecule has 0 bridgehead atoms. The van der Waals surface area contributed by atoms with Crippen molar-refractivity contribution in [2.75, 3.05) is 33.9 Å². The number of likely N-dealkylation sites (tertiary alicyclic amines) is 1. The van der Waals surface area contributed by atoms with Crippen LogP contribution in [0.4, 0.5) is 4.39 Å². The van der Waals surface area contributed by atoms with Crippen molar-refractivity contribution < 1.29 is 23.5 Å². The molecule has 264 valence electrons. The highest BCUT2D eigenvalue weighted by Crippen LogP contribution is 2.41. The molecule has 0 saturated carbocycles. The molecule has 11 nitrogen and oxygen atoms in total. The van der Waals surface area contributed by atoms with E-state index in [1.54, 1.807) is 32.5 Å². The van der Waals surface area contributed by atoms with E-state index in [1.165, 1.54) is 0 Å². The van der Waals surface area contributed by atoms with Gasteiger partial charge in [-0.05, 0) is 61.4 Å². The Morgan fingerprint density at radius 1 is 0.922 bits per heavy atom. The minimum atomic E-state index is -0.360. The van der Waals surface area contributed by atoms with Crippen LogP contribution >= 0.6 is 0 Å². The van der Waals surface area contributed by atoms with E-state index >= 15 is 4.39 Å². The normalized spacial score (nSPS) is 20.6. The first kappa shape index (κ1) is 33.2. The van der Waals surface area contributed by atoms with Crippen molar-refractivity contribution in [2.24, 2.45) is 0 Å². The van der Waals surface area contributed by atoms with Crippen LogP contribution in [0.15, 0.2) is 48.7 Å². The molecule has 4 aliphatic rings. The third-order valence-corrected chi connectivity index (χ3v) is 10.9. The first-order valence-corrected chi connectivity index (χ1v) is 17.7. The molecule has 5 heterocycles. The fourth-order valence-electron chi connectivity index (χ4n) is 8.30. The quantitative estimate of drug-likeness (QED) is 0.218. The van der Waals surface area contributed by atoms with E-state index in [0.29, 0.717) is 60.2 Å². The lowest BCUT2D eigenvalue weighted by Gasteiger charge is -2.47. The lowest BCUT2D eigenvalue weighted by molar-refractivity contribution is -0.121. The SMILES string of the molecule is COc1nc(-c2cccc(-c3cccc(-c4cc5c(c(OC)n4)[C@@H](NC[C@@H]4CCC(=O)N4)CC5)c3F)c2C)cnc1CN1CC2(CCC(=O)N2)C1. The van der Waals surface area contributed by atoms with E-state index in [1.807, 2.05) is 37.3 Å². The van der Waals surface area contributed by atoms with Crippen LogP contribution in [0, 0.1) is 12.7 Å². The number of halogens is 1. The molecule has 0 radical (unpaired) electrons. The third-order valence-electron chi connectivity index (χ3n) is 10.9. The summed E-state index contributed by atoms with van der Waals surface area (Å²) < 4.78 is 28.1. The van der Waals surface area contributed by atoms with Gasteiger partial charge in [0, 0.05) is 73.4 Å². The van der Waals surface area contributed by atoms with Crippen LogP contribution < -0.4 is 25.4 Å². The van der Waals surface area contributed by atoms with Gasteiger partial charge in [-0.25, -0.2) is 14.4 Å². The summed E-state index contributed by atoms with van der Waals surface area (Å²) in [5, 5.41) is 9.73. The van der Waals surface area contributed by atoms with Crippen molar-refractivity contribution in [3.63, 3.8) is 0 Å². The Labute approximate surface area is 296 Å². The van der Waals surface area contributed by atoms with Gasteiger partial charge in [0.05, 0.1) is 37.3 Å². The summed E-state index contributed by atoms with van der Waals surface area (Å²) in [6.45, 7) is 4.79. The summed E-state index contributed by atoms with van der Waals surface area (Å²) in [6, 6.07) is 13.3. The Balaban J connectivity index is 1.04. The van der Waals surface area contributed by atoms with E-state index < -0.39 is 0 Å². The van der Waals surface area contributed by atoms with Gasteiger partial charge in [0.15, 0.2) is 0 Å². The van der Waals surface area contributed by atoms with Gasteiger partial charge in [0.1, 0.15) is 11.5 Å². The van der Waals surface area contributed by atoms with Crippen molar-refractivity contribution in [3.05, 3.63) is 76.9 Å².